The minimum atomic E-state index is -0.605. The van der Waals surface area contributed by atoms with Crippen molar-refractivity contribution in [3.63, 3.8) is 0 Å². The van der Waals surface area contributed by atoms with Crippen LogP contribution >= 0.6 is 31.9 Å². The van der Waals surface area contributed by atoms with Crippen molar-refractivity contribution in [3.8, 4) is 11.1 Å². The van der Waals surface area contributed by atoms with Gasteiger partial charge >= 0.3 is 5.97 Å². The number of hydrogen-bond donors (Lipinski definition) is 0. The molecule has 2 bridgehead atoms. The maximum atomic E-state index is 12.9. The van der Waals surface area contributed by atoms with E-state index in [4.69, 9.17) is 4.74 Å². The van der Waals surface area contributed by atoms with Crippen LogP contribution in [0.4, 0.5) is 0 Å². The molecule has 0 unspecified atom stereocenters. The van der Waals surface area contributed by atoms with E-state index in [-0.39, 0.29) is 70.5 Å². The van der Waals surface area contributed by atoms with Crippen LogP contribution in [-0.4, -0.2) is 51.3 Å². The van der Waals surface area contributed by atoms with Crippen LogP contribution in [-0.2, 0) is 19.1 Å². The molecule has 2 aromatic rings. The molecule has 8 heteroatoms. The highest BCUT2D eigenvalue weighted by Crippen LogP contribution is 2.60. The standard InChI is InChI=1S/C26H23Br2NO5/c27-23-17-12-18(24(23)28)22-21(17)25(32)29(26(22)33)11-10-20(31)34-13-19(30)16-8-6-15(7-9-16)14-4-2-1-3-5-14/h1-9,17-18,21-24H,10-13H2/t17-,18-,21-,22-,23-,24+/m0/s1. The summed E-state index contributed by atoms with van der Waals surface area (Å²) >= 11 is 7.32. The highest BCUT2D eigenvalue weighted by molar-refractivity contribution is 9.12. The van der Waals surface area contributed by atoms with Crippen LogP contribution in [0, 0.1) is 23.7 Å². The number of hydrogen-bond acceptors (Lipinski definition) is 5. The molecule has 0 aromatic heterocycles. The number of rotatable bonds is 7. The lowest BCUT2D eigenvalue weighted by atomic mass is 9.81. The molecule has 2 aliphatic carbocycles. The first-order chi connectivity index (χ1) is 16.4. The molecular formula is C26H23Br2NO5. The molecule has 1 aliphatic heterocycles. The van der Waals surface area contributed by atoms with Crippen molar-refractivity contribution in [2.45, 2.75) is 22.5 Å². The third-order valence-electron chi connectivity index (χ3n) is 7.30. The van der Waals surface area contributed by atoms with Gasteiger partial charge in [0.2, 0.25) is 11.8 Å². The third kappa shape index (κ3) is 4.05. The molecule has 176 valence electrons. The molecule has 3 fully saturated rings. The average Bonchev–Trinajstić information content (AvgIpc) is 3.47. The molecule has 3 aliphatic rings. The molecule has 0 N–H and O–H groups in total. The SMILES string of the molecule is O=C(CCN1C(=O)[C@H]2[C@@H]3C[C@H]([C@@H](Br)[C@H]3Br)[C@@H]2C1=O)OCC(=O)c1ccc(-c2ccccc2)cc1. The maximum absolute atomic E-state index is 12.9. The molecule has 0 radical (unpaired) electrons. The van der Waals surface area contributed by atoms with E-state index >= 15 is 0 Å². The molecule has 6 nitrogen and oxygen atoms in total. The second-order valence-corrected chi connectivity index (χ2v) is 11.2. The van der Waals surface area contributed by atoms with Crippen molar-refractivity contribution < 1.29 is 23.9 Å². The average molecular weight is 589 g/mol. The summed E-state index contributed by atoms with van der Waals surface area (Å²) in [7, 11) is 0. The number of alkyl halides is 2. The summed E-state index contributed by atoms with van der Waals surface area (Å²) < 4.78 is 5.13. The Morgan fingerprint density at radius 2 is 1.41 bits per heavy atom. The minimum absolute atomic E-state index is 0.0111. The second-order valence-electron chi connectivity index (χ2n) is 9.11. The molecular weight excluding hydrogens is 566 g/mol. The number of imide groups is 1. The van der Waals surface area contributed by atoms with Gasteiger partial charge in [-0.05, 0) is 29.4 Å². The summed E-state index contributed by atoms with van der Waals surface area (Å²) in [4.78, 5) is 52.0. The van der Waals surface area contributed by atoms with Gasteiger partial charge in [0.15, 0.2) is 12.4 Å². The lowest BCUT2D eigenvalue weighted by molar-refractivity contribution is -0.145. The fourth-order valence-electron chi connectivity index (χ4n) is 5.61. The zero-order chi connectivity index (χ0) is 24.0. The van der Waals surface area contributed by atoms with Crippen LogP contribution in [0.5, 0.6) is 0 Å². The topological polar surface area (TPSA) is 80.8 Å². The normalized spacial score (nSPS) is 29.4. The van der Waals surface area contributed by atoms with Crippen molar-refractivity contribution in [2.24, 2.45) is 23.7 Å². The summed E-state index contributed by atoms with van der Waals surface area (Å²) in [6.45, 7) is -0.389. The van der Waals surface area contributed by atoms with Crippen molar-refractivity contribution >= 4 is 55.4 Å². The van der Waals surface area contributed by atoms with Gasteiger partial charge in [-0.15, -0.1) is 0 Å². The molecule has 1 saturated heterocycles. The number of esters is 1. The van der Waals surface area contributed by atoms with E-state index in [1.165, 1.54) is 4.90 Å². The van der Waals surface area contributed by atoms with Crippen LogP contribution < -0.4 is 0 Å². The van der Waals surface area contributed by atoms with E-state index in [9.17, 15) is 19.2 Å². The van der Waals surface area contributed by atoms with Crippen LogP contribution in [0.1, 0.15) is 23.2 Å². The number of amides is 2. The highest BCUT2D eigenvalue weighted by Gasteiger charge is 2.66. The van der Waals surface area contributed by atoms with Crippen molar-refractivity contribution in [3.05, 3.63) is 60.2 Å². The first kappa shape index (κ1) is 23.4. The lowest BCUT2D eigenvalue weighted by Gasteiger charge is -2.28. The van der Waals surface area contributed by atoms with Gasteiger partial charge in [-0.2, -0.15) is 0 Å². The van der Waals surface area contributed by atoms with E-state index in [0.717, 1.165) is 17.5 Å². The molecule has 2 saturated carbocycles. The van der Waals surface area contributed by atoms with Crippen molar-refractivity contribution in [1.29, 1.82) is 0 Å². The number of carbonyl (C=O) groups excluding carboxylic acids is 4. The van der Waals surface area contributed by atoms with Gasteiger partial charge in [0.25, 0.3) is 0 Å². The van der Waals surface area contributed by atoms with Crippen LogP contribution in [0.25, 0.3) is 11.1 Å². The summed E-state index contributed by atoms with van der Waals surface area (Å²) in [6, 6.07) is 16.9. The van der Waals surface area contributed by atoms with E-state index in [1.807, 2.05) is 42.5 Å². The largest absolute Gasteiger partial charge is 0.457 e. The highest BCUT2D eigenvalue weighted by atomic mass is 79.9. The quantitative estimate of drug-likeness (QED) is 0.209. The van der Waals surface area contributed by atoms with Gasteiger partial charge in [-0.1, -0.05) is 86.5 Å². The molecule has 6 atom stereocenters. The van der Waals surface area contributed by atoms with Gasteiger partial charge in [0.05, 0.1) is 18.3 Å². The number of likely N-dealkylation sites (tertiary alicyclic amines) is 1. The number of Topliss-reactive ketones (excluding diaryl/α,β-unsaturated/α-hetero) is 1. The molecule has 2 aromatic carbocycles. The zero-order valence-electron chi connectivity index (χ0n) is 18.2. The van der Waals surface area contributed by atoms with Crippen molar-refractivity contribution in [1.82, 2.24) is 4.90 Å². The van der Waals surface area contributed by atoms with Gasteiger partial charge in [0, 0.05) is 21.8 Å². The maximum Gasteiger partial charge on any atom is 0.308 e. The Balaban J connectivity index is 1.12. The van der Waals surface area contributed by atoms with E-state index in [1.54, 1.807) is 12.1 Å². The number of nitrogens with zero attached hydrogens (tertiary/aromatic N) is 1. The number of halogens is 2. The predicted molar refractivity (Wildman–Crippen MR) is 133 cm³/mol. The molecule has 0 spiro atoms. The second kappa shape index (κ2) is 9.38. The Kier molecular flexibility index (Phi) is 6.46. The number of fused-ring (bicyclic) bond motifs is 5. The number of carbonyl (C=O) groups is 4. The van der Waals surface area contributed by atoms with E-state index < -0.39 is 5.97 Å². The molecule has 2 amide bonds. The van der Waals surface area contributed by atoms with Crippen LogP contribution in [0.3, 0.4) is 0 Å². The fraction of sp³-hybridized carbons (Fsp3) is 0.385. The number of ketones is 1. The fourth-order valence-corrected chi connectivity index (χ4v) is 7.49. The van der Waals surface area contributed by atoms with Gasteiger partial charge in [-0.25, -0.2) is 0 Å². The molecule has 5 rings (SSSR count). The van der Waals surface area contributed by atoms with Gasteiger partial charge in [-0.3, -0.25) is 24.1 Å². The summed E-state index contributed by atoms with van der Waals surface area (Å²) in [5.74, 6) is -1.61. The first-order valence-electron chi connectivity index (χ1n) is 11.3. The Morgan fingerprint density at radius 1 is 0.853 bits per heavy atom. The Hall–Kier alpha value is -2.32. The number of benzene rings is 2. The van der Waals surface area contributed by atoms with Gasteiger partial charge < -0.3 is 4.74 Å². The molecule has 34 heavy (non-hydrogen) atoms. The Bertz CT molecular complexity index is 1100. The summed E-state index contributed by atoms with van der Waals surface area (Å²) in [6.07, 6.45) is 0.741. The zero-order valence-corrected chi connectivity index (χ0v) is 21.4. The first-order valence-corrected chi connectivity index (χ1v) is 13.2. The van der Waals surface area contributed by atoms with Crippen LogP contribution in [0.2, 0.25) is 0 Å². The van der Waals surface area contributed by atoms with E-state index in [0.29, 0.717) is 5.56 Å². The van der Waals surface area contributed by atoms with E-state index in [2.05, 4.69) is 31.9 Å². The molecule has 1 heterocycles. The lowest BCUT2D eigenvalue weighted by Crippen LogP contribution is -2.37. The predicted octanol–water partition coefficient (Wildman–Crippen LogP) is 4.25. The minimum Gasteiger partial charge on any atom is -0.457 e. The Morgan fingerprint density at radius 3 is 2.00 bits per heavy atom. The van der Waals surface area contributed by atoms with Crippen LogP contribution in [0.15, 0.2) is 54.6 Å². The Labute approximate surface area is 214 Å². The summed E-state index contributed by atoms with van der Waals surface area (Å²) in [5.41, 5.74) is 2.49. The number of ether oxygens (including phenoxy) is 1. The third-order valence-corrected chi connectivity index (χ3v) is 10.5. The summed E-state index contributed by atoms with van der Waals surface area (Å²) in [5, 5.41) is 0. The smallest absolute Gasteiger partial charge is 0.308 e. The monoisotopic (exact) mass is 587 g/mol. The van der Waals surface area contributed by atoms with Crippen molar-refractivity contribution in [2.75, 3.05) is 13.2 Å². The van der Waals surface area contributed by atoms with Gasteiger partial charge in [0.1, 0.15) is 0 Å².